The Labute approximate surface area is 144 Å². The lowest BCUT2D eigenvalue weighted by molar-refractivity contribution is -0.136. The lowest BCUT2D eigenvalue weighted by Gasteiger charge is -2.32. The van der Waals surface area contributed by atoms with Crippen molar-refractivity contribution in [3.05, 3.63) is 29.3 Å². The molecule has 1 aromatic carbocycles. The minimum Gasteiger partial charge on any atom is -0.493 e. The summed E-state index contributed by atoms with van der Waals surface area (Å²) in [5.74, 6) is 0.908. The summed E-state index contributed by atoms with van der Waals surface area (Å²) in [6, 6.07) is 5.97. The number of benzene rings is 1. The van der Waals surface area contributed by atoms with Crippen LogP contribution in [0.25, 0.3) is 0 Å². The van der Waals surface area contributed by atoms with E-state index in [0.717, 1.165) is 24.2 Å². The number of nitrogens with zero attached hydrogens (tertiary/aromatic N) is 1. The number of amides is 1. The average molecular weight is 334 g/mol. The first kappa shape index (κ1) is 18.7. The van der Waals surface area contributed by atoms with Gasteiger partial charge in [0.2, 0.25) is 5.91 Å². The Hall–Kier alpha value is -1.59. The quantitative estimate of drug-likeness (QED) is 0.781. The summed E-state index contributed by atoms with van der Waals surface area (Å²) in [5, 5.41) is 9.85. The van der Waals surface area contributed by atoms with Gasteiger partial charge in [-0.1, -0.05) is 12.1 Å². The molecule has 0 radical (unpaired) electrons. The number of nitrogens with two attached hydrogens (primary N) is 1. The minimum atomic E-state index is -0.561. The molecule has 0 heterocycles. The van der Waals surface area contributed by atoms with E-state index in [1.807, 2.05) is 27.0 Å². The number of hydrogen-bond donors (Lipinski definition) is 2. The van der Waals surface area contributed by atoms with E-state index in [4.69, 9.17) is 10.5 Å². The Bertz CT molecular complexity index is 562. The molecule has 0 unspecified atom stereocenters. The first-order valence-corrected chi connectivity index (χ1v) is 8.77. The maximum atomic E-state index is 12.4. The molecule has 5 heteroatoms. The van der Waals surface area contributed by atoms with Crippen molar-refractivity contribution < 1.29 is 14.6 Å². The van der Waals surface area contributed by atoms with Crippen LogP contribution < -0.4 is 10.5 Å². The molecule has 5 nitrogen and oxygen atoms in total. The van der Waals surface area contributed by atoms with Crippen LogP contribution in [0.3, 0.4) is 0 Å². The summed E-state index contributed by atoms with van der Waals surface area (Å²) >= 11 is 0. The lowest BCUT2D eigenvalue weighted by Crippen LogP contribution is -2.45. The Morgan fingerprint density at radius 2 is 2.12 bits per heavy atom. The van der Waals surface area contributed by atoms with Crippen molar-refractivity contribution in [3.8, 4) is 5.75 Å². The molecule has 1 amide bonds. The monoisotopic (exact) mass is 334 g/mol. The van der Waals surface area contributed by atoms with E-state index in [-0.39, 0.29) is 17.9 Å². The number of aliphatic hydroxyl groups excluding tert-OH is 1. The van der Waals surface area contributed by atoms with E-state index in [9.17, 15) is 9.90 Å². The van der Waals surface area contributed by atoms with Crippen LogP contribution in [0.2, 0.25) is 0 Å². The Morgan fingerprint density at radius 1 is 1.38 bits per heavy atom. The van der Waals surface area contributed by atoms with Crippen LogP contribution in [0, 0.1) is 19.8 Å². The van der Waals surface area contributed by atoms with Crippen LogP contribution in [0.15, 0.2) is 18.2 Å². The van der Waals surface area contributed by atoms with E-state index in [0.29, 0.717) is 26.0 Å². The summed E-state index contributed by atoms with van der Waals surface area (Å²) in [6.45, 7) is 5.31. The average Bonchev–Trinajstić information content (AvgIpc) is 2.56. The molecule has 1 aliphatic carbocycles. The zero-order chi connectivity index (χ0) is 17.7. The molecule has 1 aromatic rings. The van der Waals surface area contributed by atoms with Gasteiger partial charge >= 0.3 is 0 Å². The molecule has 2 rings (SSSR count). The molecule has 0 saturated heterocycles. The van der Waals surface area contributed by atoms with Crippen molar-refractivity contribution in [1.82, 2.24) is 4.90 Å². The van der Waals surface area contributed by atoms with Gasteiger partial charge in [-0.05, 0) is 56.7 Å². The predicted octanol–water partition coefficient (Wildman–Crippen LogP) is 2.02. The molecule has 24 heavy (non-hydrogen) atoms. The van der Waals surface area contributed by atoms with E-state index in [1.165, 1.54) is 5.56 Å². The van der Waals surface area contributed by atoms with Crippen molar-refractivity contribution in [2.75, 3.05) is 20.2 Å². The minimum absolute atomic E-state index is 0.104. The third-order valence-electron chi connectivity index (χ3n) is 4.83. The van der Waals surface area contributed by atoms with E-state index < -0.39 is 6.10 Å². The van der Waals surface area contributed by atoms with Gasteiger partial charge in [-0.15, -0.1) is 0 Å². The molecule has 134 valence electrons. The van der Waals surface area contributed by atoms with Gasteiger partial charge in [0.05, 0.1) is 12.7 Å². The number of aliphatic hydroxyl groups is 1. The fourth-order valence-corrected chi connectivity index (χ4v) is 3.16. The van der Waals surface area contributed by atoms with Gasteiger partial charge in [0.15, 0.2) is 0 Å². The summed E-state index contributed by atoms with van der Waals surface area (Å²) < 4.78 is 5.83. The second-order valence-corrected chi connectivity index (χ2v) is 6.97. The van der Waals surface area contributed by atoms with Crippen molar-refractivity contribution in [3.63, 3.8) is 0 Å². The van der Waals surface area contributed by atoms with Crippen LogP contribution in [-0.2, 0) is 4.79 Å². The highest BCUT2D eigenvalue weighted by Gasteiger charge is 2.32. The standard InChI is InChI=1S/C19H30N2O3/c1-13-5-6-14(2)18(11-13)24-10-4-9-21(3)19(23)15-7-8-16(20)17(22)12-15/h5-6,11,15-17,22H,4,7-10,12,20H2,1-3H3/t15-,16+,17+/m0/s1. The molecule has 3 atom stereocenters. The van der Waals surface area contributed by atoms with Gasteiger partial charge in [0.25, 0.3) is 0 Å². The smallest absolute Gasteiger partial charge is 0.225 e. The highest BCUT2D eigenvalue weighted by atomic mass is 16.5. The molecule has 0 aliphatic heterocycles. The molecule has 0 spiro atoms. The maximum Gasteiger partial charge on any atom is 0.225 e. The van der Waals surface area contributed by atoms with Crippen LogP contribution >= 0.6 is 0 Å². The van der Waals surface area contributed by atoms with Crippen LogP contribution in [0.5, 0.6) is 5.75 Å². The van der Waals surface area contributed by atoms with Gasteiger partial charge in [0, 0.05) is 25.6 Å². The van der Waals surface area contributed by atoms with E-state index >= 15 is 0 Å². The van der Waals surface area contributed by atoms with E-state index in [1.54, 1.807) is 4.90 Å². The number of carbonyl (C=O) groups excluding carboxylic acids is 1. The van der Waals surface area contributed by atoms with Gasteiger partial charge in [0.1, 0.15) is 5.75 Å². The van der Waals surface area contributed by atoms with Gasteiger partial charge in [-0.25, -0.2) is 0 Å². The SMILES string of the molecule is Cc1ccc(C)c(OCCCN(C)C(=O)[C@H]2CC[C@@H](N)[C@H](O)C2)c1. The third kappa shape index (κ3) is 4.95. The van der Waals surface area contributed by atoms with Crippen LogP contribution in [0.4, 0.5) is 0 Å². The molecular formula is C19H30N2O3. The number of ether oxygens (including phenoxy) is 1. The van der Waals surface area contributed by atoms with Crippen molar-refractivity contribution >= 4 is 5.91 Å². The fourth-order valence-electron chi connectivity index (χ4n) is 3.16. The van der Waals surface area contributed by atoms with Crippen LogP contribution in [0.1, 0.15) is 36.8 Å². The Kier molecular flexibility index (Phi) is 6.63. The second-order valence-electron chi connectivity index (χ2n) is 6.97. The van der Waals surface area contributed by atoms with Crippen LogP contribution in [-0.4, -0.2) is 48.3 Å². The number of aryl methyl sites for hydroxylation is 2. The summed E-state index contributed by atoms with van der Waals surface area (Å²) in [6.07, 6.45) is 2.17. The maximum absolute atomic E-state index is 12.4. The van der Waals surface area contributed by atoms with Crippen molar-refractivity contribution in [2.45, 2.75) is 51.7 Å². The molecule has 0 aromatic heterocycles. The Balaban J connectivity index is 1.73. The predicted molar refractivity (Wildman–Crippen MR) is 95.0 cm³/mol. The highest BCUT2D eigenvalue weighted by Crippen LogP contribution is 2.25. The number of hydrogen-bond acceptors (Lipinski definition) is 4. The molecule has 1 aliphatic rings. The summed E-state index contributed by atoms with van der Waals surface area (Å²) in [7, 11) is 1.82. The second kappa shape index (κ2) is 8.49. The number of carbonyl (C=O) groups is 1. The molecule has 3 N–H and O–H groups in total. The van der Waals surface area contributed by atoms with E-state index in [2.05, 4.69) is 12.1 Å². The van der Waals surface area contributed by atoms with Crippen molar-refractivity contribution in [1.29, 1.82) is 0 Å². The molecule has 0 bridgehead atoms. The summed E-state index contributed by atoms with van der Waals surface area (Å²) in [5.41, 5.74) is 8.10. The fraction of sp³-hybridized carbons (Fsp3) is 0.632. The topological polar surface area (TPSA) is 75.8 Å². The third-order valence-corrected chi connectivity index (χ3v) is 4.83. The first-order valence-electron chi connectivity index (χ1n) is 8.77. The van der Waals surface area contributed by atoms with Crippen molar-refractivity contribution in [2.24, 2.45) is 11.7 Å². The molecule has 1 fully saturated rings. The zero-order valence-corrected chi connectivity index (χ0v) is 15.0. The largest absolute Gasteiger partial charge is 0.493 e. The first-order chi connectivity index (χ1) is 11.4. The van der Waals surface area contributed by atoms with Gasteiger partial charge < -0.3 is 20.5 Å². The van der Waals surface area contributed by atoms with Gasteiger partial charge in [-0.2, -0.15) is 0 Å². The zero-order valence-electron chi connectivity index (χ0n) is 15.0. The lowest BCUT2D eigenvalue weighted by atomic mass is 9.83. The molecular weight excluding hydrogens is 304 g/mol. The normalized spacial score (nSPS) is 23.8. The highest BCUT2D eigenvalue weighted by molar-refractivity contribution is 5.78. The molecule has 1 saturated carbocycles. The Morgan fingerprint density at radius 3 is 2.83 bits per heavy atom. The van der Waals surface area contributed by atoms with Gasteiger partial charge in [-0.3, -0.25) is 4.79 Å². The number of rotatable bonds is 6. The summed E-state index contributed by atoms with van der Waals surface area (Å²) in [4.78, 5) is 14.2.